The molecular formula is C30H34N6O4. The average Bonchev–Trinajstić information content (AvgIpc) is 2.98. The lowest BCUT2D eigenvalue weighted by Gasteiger charge is -2.38. The van der Waals surface area contributed by atoms with Gasteiger partial charge in [0.15, 0.2) is 0 Å². The second-order valence-corrected chi connectivity index (χ2v) is 10.6. The molecule has 0 spiro atoms. The zero-order chi connectivity index (χ0) is 27.6. The van der Waals surface area contributed by atoms with E-state index in [9.17, 15) is 14.7 Å². The molecular weight excluding hydrogens is 508 g/mol. The van der Waals surface area contributed by atoms with Crippen molar-refractivity contribution < 1.29 is 19.4 Å². The van der Waals surface area contributed by atoms with Crippen molar-refractivity contribution in [3.05, 3.63) is 60.3 Å². The van der Waals surface area contributed by atoms with Crippen molar-refractivity contribution in [3.8, 4) is 11.8 Å². The summed E-state index contributed by atoms with van der Waals surface area (Å²) in [5, 5.41) is 15.5. The van der Waals surface area contributed by atoms with Crippen LogP contribution in [0.3, 0.4) is 0 Å². The summed E-state index contributed by atoms with van der Waals surface area (Å²) in [4.78, 5) is 40.0. The molecule has 0 saturated carbocycles. The quantitative estimate of drug-likeness (QED) is 0.458. The van der Waals surface area contributed by atoms with E-state index < -0.39 is 0 Å². The molecule has 10 heteroatoms. The van der Waals surface area contributed by atoms with Crippen LogP contribution in [0.25, 0.3) is 10.8 Å². The first-order valence-corrected chi connectivity index (χ1v) is 13.9. The minimum absolute atomic E-state index is 0.0489. The number of hydrogen-bond donors (Lipinski definition) is 2. The molecule has 0 bridgehead atoms. The molecule has 2 fully saturated rings. The van der Waals surface area contributed by atoms with Crippen molar-refractivity contribution in [1.29, 1.82) is 0 Å². The SMILES string of the molecule is C=CC(=O)N1CCN(c2nc(OCC3CCCC(=O)N3)nc3c2CCN(c2cc(O)cc4ccccc24)C3)CC1. The molecule has 1 unspecified atom stereocenters. The zero-order valence-corrected chi connectivity index (χ0v) is 22.5. The Morgan fingerprint density at radius 2 is 1.93 bits per heavy atom. The Labute approximate surface area is 233 Å². The summed E-state index contributed by atoms with van der Waals surface area (Å²) in [6, 6.07) is 11.9. The normalized spacial score (nSPS) is 19.2. The first-order chi connectivity index (χ1) is 19.5. The molecule has 0 aliphatic carbocycles. The summed E-state index contributed by atoms with van der Waals surface area (Å²) in [5.74, 6) is 1.07. The van der Waals surface area contributed by atoms with Crippen LogP contribution in [0.2, 0.25) is 0 Å². The van der Waals surface area contributed by atoms with Crippen molar-refractivity contribution in [2.45, 2.75) is 38.3 Å². The minimum Gasteiger partial charge on any atom is -0.508 e. The van der Waals surface area contributed by atoms with Crippen LogP contribution in [0.15, 0.2) is 49.1 Å². The second kappa shape index (κ2) is 11.0. The number of piperidine rings is 1. The number of carbonyl (C=O) groups is 2. The first kappa shape index (κ1) is 25.9. The fourth-order valence-corrected chi connectivity index (χ4v) is 5.91. The van der Waals surface area contributed by atoms with Crippen LogP contribution < -0.4 is 19.9 Å². The fraction of sp³-hybridized carbons (Fsp3) is 0.400. The lowest BCUT2D eigenvalue weighted by Crippen LogP contribution is -2.49. The van der Waals surface area contributed by atoms with Crippen LogP contribution in [0, 0.1) is 0 Å². The Kier molecular flexibility index (Phi) is 7.15. The van der Waals surface area contributed by atoms with Gasteiger partial charge in [-0.3, -0.25) is 9.59 Å². The highest BCUT2D eigenvalue weighted by molar-refractivity contribution is 5.95. The van der Waals surface area contributed by atoms with E-state index in [1.807, 2.05) is 24.3 Å². The molecule has 2 N–H and O–H groups in total. The molecule has 208 valence electrons. The molecule has 6 rings (SSSR count). The van der Waals surface area contributed by atoms with Gasteiger partial charge in [-0.15, -0.1) is 0 Å². The molecule has 1 atom stereocenters. The Bertz CT molecular complexity index is 1450. The van der Waals surface area contributed by atoms with Gasteiger partial charge >= 0.3 is 6.01 Å². The van der Waals surface area contributed by atoms with Gasteiger partial charge in [-0.05, 0) is 36.8 Å². The number of benzene rings is 2. The average molecular weight is 543 g/mol. The van der Waals surface area contributed by atoms with Gasteiger partial charge in [-0.25, -0.2) is 0 Å². The van der Waals surface area contributed by atoms with E-state index in [0.29, 0.717) is 51.8 Å². The number of aromatic hydroxyl groups is 1. The van der Waals surface area contributed by atoms with Gasteiger partial charge in [0.05, 0.1) is 18.3 Å². The number of amides is 2. The lowest BCUT2D eigenvalue weighted by atomic mass is 10.0. The van der Waals surface area contributed by atoms with Crippen molar-refractivity contribution in [2.75, 3.05) is 49.1 Å². The van der Waals surface area contributed by atoms with Crippen LogP contribution >= 0.6 is 0 Å². The molecule has 4 heterocycles. The molecule has 3 aliphatic rings. The lowest BCUT2D eigenvalue weighted by molar-refractivity contribution is -0.126. The fourth-order valence-electron chi connectivity index (χ4n) is 5.91. The molecule has 40 heavy (non-hydrogen) atoms. The molecule has 2 saturated heterocycles. The van der Waals surface area contributed by atoms with Crippen molar-refractivity contribution in [3.63, 3.8) is 0 Å². The third-order valence-electron chi connectivity index (χ3n) is 7.99. The molecule has 1 aromatic heterocycles. The van der Waals surface area contributed by atoms with E-state index in [1.54, 1.807) is 11.0 Å². The number of hydrogen-bond acceptors (Lipinski definition) is 8. The number of nitrogens with zero attached hydrogens (tertiary/aromatic N) is 5. The van der Waals surface area contributed by atoms with E-state index in [-0.39, 0.29) is 23.6 Å². The third-order valence-corrected chi connectivity index (χ3v) is 7.99. The molecule has 10 nitrogen and oxygen atoms in total. The number of ether oxygens (including phenoxy) is 1. The maximum Gasteiger partial charge on any atom is 0.318 e. The topological polar surface area (TPSA) is 111 Å². The number of aromatic nitrogens is 2. The van der Waals surface area contributed by atoms with Gasteiger partial charge in [0.1, 0.15) is 18.2 Å². The highest BCUT2D eigenvalue weighted by Crippen LogP contribution is 2.36. The maximum absolute atomic E-state index is 12.1. The smallest absolute Gasteiger partial charge is 0.318 e. The van der Waals surface area contributed by atoms with Crippen LogP contribution in [0.5, 0.6) is 11.8 Å². The summed E-state index contributed by atoms with van der Waals surface area (Å²) >= 11 is 0. The summed E-state index contributed by atoms with van der Waals surface area (Å²) in [5.41, 5.74) is 2.93. The van der Waals surface area contributed by atoms with Gasteiger partial charge in [0.2, 0.25) is 11.8 Å². The van der Waals surface area contributed by atoms with Crippen molar-refractivity contribution in [2.24, 2.45) is 0 Å². The number of nitrogens with one attached hydrogen (secondary N) is 1. The molecule has 3 aromatic rings. The number of rotatable bonds is 6. The maximum atomic E-state index is 12.1. The van der Waals surface area contributed by atoms with Crippen LogP contribution in [-0.2, 0) is 22.6 Å². The second-order valence-electron chi connectivity index (χ2n) is 10.6. The zero-order valence-electron chi connectivity index (χ0n) is 22.5. The van der Waals surface area contributed by atoms with Gasteiger partial charge in [-0.1, -0.05) is 30.8 Å². The van der Waals surface area contributed by atoms with Gasteiger partial charge in [-0.2, -0.15) is 9.97 Å². The standard InChI is InChI=1S/C30H34N6O4/c1-2-28(39)34-12-14-35(15-13-34)29-24-10-11-36(26-17-22(37)16-20-6-3-4-8-23(20)26)18-25(24)32-30(33-29)40-19-21-7-5-9-27(38)31-21/h2-4,6,8,16-17,21,37H,1,5,7,9-15,18-19H2,(H,31,38). The number of fused-ring (bicyclic) bond motifs is 2. The van der Waals surface area contributed by atoms with Crippen LogP contribution in [-0.4, -0.2) is 77.2 Å². The van der Waals surface area contributed by atoms with E-state index in [1.165, 1.54) is 6.08 Å². The summed E-state index contributed by atoms with van der Waals surface area (Å²) in [6.45, 7) is 7.72. The van der Waals surface area contributed by atoms with E-state index in [4.69, 9.17) is 14.7 Å². The number of phenols is 1. The van der Waals surface area contributed by atoms with E-state index in [2.05, 4.69) is 27.8 Å². The van der Waals surface area contributed by atoms with Crippen LogP contribution in [0.4, 0.5) is 11.5 Å². The summed E-state index contributed by atoms with van der Waals surface area (Å²) in [7, 11) is 0. The van der Waals surface area contributed by atoms with Gasteiger partial charge < -0.3 is 29.9 Å². The van der Waals surface area contributed by atoms with E-state index >= 15 is 0 Å². The predicted molar refractivity (Wildman–Crippen MR) is 153 cm³/mol. The number of carbonyl (C=O) groups excluding carboxylic acids is 2. The summed E-state index contributed by atoms with van der Waals surface area (Å²) < 4.78 is 6.10. The third kappa shape index (κ3) is 5.25. The molecule has 3 aliphatic heterocycles. The molecule has 2 aromatic carbocycles. The number of piperazine rings is 1. The largest absolute Gasteiger partial charge is 0.508 e. The Balaban J connectivity index is 1.30. The first-order valence-electron chi connectivity index (χ1n) is 13.9. The Morgan fingerprint density at radius 1 is 1.10 bits per heavy atom. The van der Waals surface area contributed by atoms with Crippen LogP contribution in [0.1, 0.15) is 30.5 Å². The van der Waals surface area contributed by atoms with Gasteiger partial charge in [0.25, 0.3) is 0 Å². The predicted octanol–water partition coefficient (Wildman–Crippen LogP) is 2.78. The Hall–Kier alpha value is -4.34. The van der Waals surface area contributed by atoms with E-state index in [0.717, 1.165) is 59.3 Å². The minimum atomic E-state index is -0.0621. The Morgan fingerprint density at radius 3 is 2.73 bits per heavy atom. The molecule has 2 amide bonds. The molecule has 0 radical (unpaired) electrons. The number of phenolic OH excluding ortho intramolecular Hbond substituents is 1. The van der Waals surface area contributed by atoms with Crippen molar-refractivity contribution in [1.82, 2.24) is 20.2 Å². The highest BCUT2D eigenvalue weighted by Gasteiger charge is 2.29. The monoisotopic (exact) mass is 542 g/mol. The highest BCUT2D eigenvalue weighted by atomic mass is 16.5. The number of anilines is 2. The van der Waals surface area contributed by atoms with Crippen molar-refractivity contribution >= 4 is 34.1 Å². The summed E-state index contributed by atoms with van der Waals surface area (Å²) in [6.07, 6.45) is 4.35. The van der Waals surface area contributed by atoms with Gasteiger partial charge in [0, 0.05) is 61.8 Å².